The number of nitrogens with one attached hydrogen (secondary N) is 2. The molecule has 2 aromatic rings. The van der Waals surface area contributed by atoms with Crippen LogP contribution in [-0.4, -0.2) is 41.2 Å². The number of carbonyl (C=O) groups is 1. The van der Waals surface area contributed by atoms with Gasteiger partial charge in [0.25, 0.3) is 0 Å². The number of amides is 1. The minimum absolute atomic E-state index is 0.0421. The normalized spacial score (nSPS) is 18.8. The third-order valence-corrected chi connectivity index (χ3v) is 5.49. The zero-order valence-electron chi connectivity index (χ0n) is 18.3. The van der Waals surface area contributed by atoms with Gasteiger partial charge in [-0.15, -0.1) is 0 Å². The highest BCUT2D eigenvalue weighted by atomic mass is 35.5. The van der Waals surface area contributed by atoms with E-state index in [-0.39, 0.29) is 41.3 Å². The third-order valence-electron chi connectivity index (χ3n) is 5.15. The molecule has 1 saturated carbocycles. The van der Waals surface area contributed by atoms with Crippen molar-refractivity contribution in [2.45, 2.75) is 51.6 Å². The van der Waals surface area contributed by atoms with Crippen molar-refractivity contribution in [3.8, 4) is 5.88 Å². The molecule has 0 spiro atoms. The van der Waals surface area contributed by atoms with E-state index < -0.39 is 11.7 Å². The van der Waals surface area contributed by atoms with Gasteiger partial charge >= 0.3 is 6.18 Å². The summed E-state index contributed by atoms with van der Waals surface area (Å²) in [5, 5.41) is 5.87. The number of halogens is 4. The largest absolute Gasteiger partial charge is 0.476 e. The van der Waals surface area contributed by atoms with E-state index in [9.17, 15) is 18.0 Å². The molecule has 3 rings (SSSR count). The summed E-state index contributed by atoms with van der Waals surface area (Å²) in [7, 11) is 0. The Bertz CT molecular complexity index is 955. The van der Waals surface area contributed by atoms with Gasteiger partial charge in [-0.25, -0.2) is 9.97 Å². The van der Waals surface area contributed by atoms with E-state index in [1.807, 2.05) is 6.92 Å². The zero-order chi connectivity index (χ0) is 24.0. The maximum Gasteiger partial charge on any atom is 0.416 e. The number of ether oxygens (including phenoxy) is 2. The van der Waals surface area contributed by atoms with E-state index in [4.69, 9.17) is 21.1 Å². The van der Waals surface area contributed by atoms with Crippen LogP contribution in [0.15, 0.2) is 30.6 Å². The fourth-order valence-corrected chi connectivity index (χ4v) is 3.65. The van der Waals surface area contributed by atoms with Gasteiger partial charge in [-0.05, 0) is 43.4 Å². The summed E-state index contributed by atoms with van der Waals surface area (Å²) in [5.41, 5.74) is -0.276. The van der Waals surface area contributed by atoms with Crippen molar-refractivity contribution in [3.05, 3.63) is 46.7 Å². The van der Waals surface area contributed by atoms with Crippen molar-refractivity contribution in [1.29, 1.82) is 0 Å². The molecule has 180 valence electrons. The van der Waals surface area contributed by atoms with Gasteiger partial charge in [0.2, 0.25) is 11.8 Å². The van der Waals surface area contributed by atoms with Crippen LogP contribution in [-0.2, 0) is 22.3 Å². The van der Waals surface area contributed by atoms with E-state index in [0.717, 1.165) is 25.0 Å². The Balaban J connectivity index is 1.45. The Morgan fingerprint density at radius 2 is 2.06 bits per heavy atom. The van der Waals surface area contributed by atoms with Gasteiger partial charge in [0.15, 0.2) is 5.82 Å². The predicted octanol–water partition coefficient (Wildman–Crippen LogP) is 4.46. The minimum atomic E-state index is -4.40. The summed E-state index contributed by atoms with van der Waals surface area (Å²) in [6.45, 7) is 4.33. The fraction of sp³-hybridized carbons (Fsp3) is 0.500. The summed E-state index contributed by atoms with van der Waals surface area (Å²) in [6.07, 6.45) is -1.34. The maximum absolute atomic E-state index is 12.9. The first-order chi connectivity index (χ1) is 15.6. The highest BCUT2D eigenvalue weighted by molar-refractivity contribution is 6.34. The second-order valence-electron chi connectivity index (χ2n) is 8.10. The maximum atomic E-state index is 12.9. The SMILES string of the molecule is CC(=O)N[C@@H](C)COC1CC(COc2ncnc(NCc3cccc(C(F)(F)F)c3)c2Cl)C1. The Labute approximate surface area is 195 Å². The molecular weight excluding hydrogens is 461 g/mol. The van der Waals surface area contributed by atoms with Crippen LogP contribution in [0.5, 0.6) is 5.88 Å². The predicted molar refractivity (Wildman–Crippen MR) is 117 cm³/mol. The van der Waals surface area contributed by atoms with E-state index in [1.165, 1.54) is 19.3 Å². The Hall–Kier alpha value is -2.59. The lowest BCUT2D eigenvalue weighted by Crippen LogP contribution is -2.40. The monoisotopic (exact) mass is 486 g/mol. The molecule has 1 fully saturated rings. The van der Waals surface area contributed by atoms with Crippen LogP contribution < -0.4 is 15.4 Å². The summed E-state index contributed by atoms with van der Waals surface area (Å²) < 4.78 is 50.1. The number of rotatable bonds is 10. The first kappa shape index (κ1) is 25.0. The first-order valence-corrected chi connectivity index (χ1v) is 10.9. The van der Waals surface area contributed by atoms with Gasteiger partial charge in [0.05, 0.1) is 24.9 Å². The Morgan fingerprint density at radius 3 is 2.76 bits per heavy atom. The molecule has 1 aliphatic rings. The lowest BCUT2D eigenvalue weighted by atomic mass is 9.83. The number of anilines is 1. The second-order valence-corrected chi connectivity index (χ2v) is 8.48. The average molecular weight is 487 g/mol. The average Bonchev–Trinajstić information content (AvgIpc) is 2.71. The van der Waals surface area contributed by atoms with Crippen LogP contribution in [0, 0.1) is 5.92 Å². The van der Waals surface area contributed by atoms with E-state index >= 15 is 0 Å². The van der Waals surface area contributed by atoms with Gasteiger partial charge < -0.3 is 20.1 Å². The second kappa shape index (κ2) is 11.0. The minimum Gasteiger partial charge on any atom is -0.476 e. The van der Waals surface area contributed by atoms with Gasteiger partial charge in [-0.2, -0.15) is 13.2 Å². The molecule has 0 radical (unpaired) electrons. The van der Waals surface area contributed by atoms with Crippen molar-refractivity contribution < 1.29 is 27.4 Å². The van der Waals surface area contributed by atoms with Crippen molar-refractivity contribution in [2.75, 3.05) is 18.5 Å². The number of hydrogen-bond donors (Lipinski definition) is 2. The lowest BCUT2D eigenvalue weighted by Gasteiger charge is -2.35. The van der Waals surface area contributed by atoms with Crippen LogP contribution in [0.1, 0.15) is 37.8 Å². The third kappa shape index (κ3) is 7.46. The highest BCUT2D eigenvalue weighted by Gasteiger charge is 2.31. The van der Waals surface area contributed by atoms with E-state index in [2.05, 4.69) is 20.6 Å². The molecule has 0 saturated heterocycles. The zero-order valence-corrected chi connectivity index (χ0v) is 19.0. The van der Waals surface area contributed by atoms with Crippen LogP contribution in [0.3, 0.4) is 0 Å². The lowest BCUT2D eigenvalue weighted by molar-refractivity contribution is -0.137. The molecule has 7 nitrogen and oxygen atoms in total. The number of carbonyl (C=O) groups excluding carboxylic acids is 1. The van der Waals surface area contributed by atoms with Crippen LogP contribution in [0.2, 0.25) is 5.02 Å². The molecule has 11 heteroatoms. The molecule has 1 atom stereocenters. The highest BCUT2D eigenvalue weighted by Crippen LogP contribution is 2.34. The molecule has 1 aromatic carbocycles. The van der Waals surface area contributed by atoms with Crippen molar-refractivity contribution >= 4 is 23.3 Å². The summed E-state index contributed by atoms with van der Waals surface area (Å²) >= 11 is 6.33. The molecule has 1 aliphatic carbocycles. The number of alkyl halides is 3. The summed E-state index contributed by atoms with van der Waals surface area (Å²) in [6, 6.07) is 4.99. The number of benzene rings is 1. The smallest absolute Gasteiger partial charge is 0.416 e. The fourth-order valence-electron chi connectivity index (χ4n) is 3.43. The van der Waals surface area contributed by atoms with E-state index in [0.29, 0.717) is 24.7 Å². The Morgan fingerprint density at radius 1 is 1.30 bits per heavy atom. The van der Waals surface area contributed by atoms with Crippen molar-refractivity contribution in [1.82, 2.24) is 15.3 Å². The van der Waals surface area contributed by atoms with Crippen LogP contribution in [0.4, 0.5) is 19.0 Å². The molecule has 1 heterocycles. The Kier molecular flexibility index (Phi) is 8.36. The summed E-state index contributed by atoms with van der Waals surface area (Å²) in [5.74, 6) is 0.692. The number of nitrogens with zero attached hydrogens (tertiary/aromatic N) is 2. The molecular formula is C22H26ClF3N4O3. The van der Waals surface area contributed by atoms with Gasteiger partial charge in [-0.1, -0.05) is 23.7 Å². The van der Waals surface area contributed by atoms with Gasteiger partial charge in [-0.3, -0.25) is 4.79 Å². The van der Waals surface area contributed by atoms with Crippen molar-refractivity contribution in [2.24, 2.45) is 5.92 Å². The first-order valence-electron chi connectivity index (χ1n) is 10.5. The standard InChI is InChI=1S/C22H26ClF3N4O3/c1-13(30-14(2)31)10-32-18-7-16(8-18)11-33-21-19(23)20(28-12-29-21)27-9-15-4-3-5-17(6-15)22(24,25)26/h3-6,12-13,16,18H,7-11H2,1-2H3,(H,30,31)(H,27,28,29)/t13-,16?,18?/m0/s1. The topological polar surface area (TPSA) is 85.4 Å². The van der Waals surface area contributed by atoms with Gasteiger partial charge in [0, 0.05) is 19.5 Å². The quantitative estimate of drug-likeness (QED) is 0.516. The molecule has 1 amide bonds. The number of aromatic nitrogens is 2. The molecule has 0 unspecified atom stereocenters. The van der Waals surface area contributed by atoms with Gasteiger partial charge in [0.1, 0.15) is 11.3 Å². The molecule has 33 heavy (non-hydrogen) atoms. The van der Waals surface area contributed by atoms with E-state index in [1.54, 1.807) is 6.07 Å². The molecule has 0 bridgehead atoms. The van der Waals surface area contributed by atoms with Crippen molar-refractivity contribution in [3.63, 3.8) is 0 Å². The molecule has 0 aliphatic heterocycles. The molecule has 2 N–H and O–H groups in total. The van der Waals surface area contributed by atoms with Crippen LogP contribution in [0.25, 0.3) is 0 Å². The summed E-state index contributed by atoms with van der Waals surface area (Å²) in [4.78, 5) is 19.1. The number of hydrogen-bond acceptors (Lipinski definition) is 6. The molecule has 1 aromatic heterocycles. The van der Waals surface area contributed by atoms with Crippen LogP contribution >= 0.6 is 11.6 Å².